The van der Waals surface area contributed by atoms with E-state index in [4.69, 9.17) is 14.2 Å². The molecule has 196 valence electrons. The Bertz CT molecular complexity index is 1120. The lowest BCUT2D eigenvalue weighted by molar-refractivity contribution is -0.184. The zero-order chi connectivity index (χ0) is 25.5. The van der Waals surface area contributed by atoms with Crippen LogP contribution in [0.15, 0.2) is 23.3 Å². The normalized spacial score (nSPS) is 54.4. The molecule has 7 aliphatic rings. The van der Waals surface area contributed by atoms with Gasteiger partial charge in [0.05, 0.1) is 0 Å². The molecular formula is C30H40O6. The van der Waals surface area contributed by atoms with Crippen molar-refractivity contribution < 1.29 is 28.9 Å². The SMILES string of the molecule is CC1(C)OC(=O)C=C[C@]23O[C@H]2C2=C(CC[C@@H]13)[C@]1(C)CC[C@H]([C@@H]3C[C@@H]4C[C@@H]3OC(=O)[C@]4(C)O)[C@@]1(C)CC2. The molecule has 7 rings (SSSR count). The summed E-state index contributed by atoms with van der Waals surface area (Å²) in [7, 11) is 0. The summed E-state index contributed by atoms with van der Waals surface area (Å²) in [5.74, 6) is 0.238. The van der Waals surface area contributed by atoms with E-state index in [1.54, 1.807) is 18.6 Å². The molecule has 4 aliphatic carbocycles. The summed E-state index contributed by atoms with van der Waals surface area (Å²) in [6.45, 7) is 10.7. The van der Waals surface area contributed by atoms with Gasteiger partial charge in [-0.05, 0) is 106 Å². The Morgan fingerprint density at radius 2 is 1.78 bits per heavy atom. The van der Waals surface area contributed by atoms with Crippen molar-refractivity contribution >= 4 is 11.9 Å². The molecule has 0 amide bonds. The monoisotopic (exact) mass is 496 g/mol. The molecule has 6 nitrogen and oxygen atoms in total. The summed E-state index contributed by atoms with van der Waals surface area (Å²) >= 11 is 0. The summed E-state index contributed by atoms with van der Waals surface area (Å²) in [5, 5.41) is 10.8. The highest BCUT2D eigenvalue weighted by molar-refractivity contribution is 5.83. The third kappa shape index (κ3) is 2.71. The zero-order valence-electron chi connectivity index (χ0n) is 22.3. The molecule has 3 aliphatic heterocycles. The van der Waals surface area contributed by atoms with Crippen molar-refractivity contribution in [2.75, 3.05) is 0 Å². The van der Waals surface area contributed by atoms with Gasteiger partial charge in [-0.15, -0.1) is 0 Å². The van der Waals surface area contributed by atoms with Crippen LogP contribution in [-0.2, 0) is 23.8 Å². The van der Waals surface area contributed by atoms with Crippen LogP contribution >= 0.6 is 0 Å². The molecule has 4 fully saturated rings. The largest absolute Gasteiger partial charge is 0.460 e. The Kier molecular flexibility index (Phi) is 4.46. The van der Waals surface area contributed by atoms with Crippen LogP contribution in [0.1, 0.15) is 86.0 Å². The molecule has 2 saturated heterocycles. The number of esters is 2. The Hall–Kier alpha value is -1.66. The third-order valence-corrected chi connectivity index (χ3v) is 12.4. The zero-order valence-corrected chi connectivity index (χ0v) is 22.3. The minimum absolute atomic E-state index is 0.00367. The van der Waals surface area contributed by atoms with Gasteiger partial charge in [0, 0.05) is 17.9 Å². The van der Waals surface area contributed by atoms with Crippen LogP contribution < -0.4 is 0 Å². The number of allylic oxidation sites excluding steroid dienone is 1. The van der Waals surface area contributed by atoms with Crippen LogP contribution in [0.25, 0.3) is 0 Å². The number of hydrogen-bond donors (Lipinski definition) is 1. The maximum atomic E-state index is 12.5. The molecular weight excluding hydrogens is 456 g/mol. The molecule has 36 heavy (non-hydrogen) atoms. The van der Waals surface area contributed by atoms with Crippen LogP contribution in [0.5, 0.6) is 0 Å². The minimum atomic E-state index is -1.35. The van der Waals surface area contributed by atoms with Gasteiger partial charge in [-0.2, -0.15) is 0 Å². The smallest absolute Gasteiger partial charge is 0.338 e. The van der Waals surface area contributed by atoms with E-state index in [2.05, 4.69) is 13.8 Å². The summed E-state index contributed by atoms with van der Waals surface area (Å²) in [6.07, 6.45) is 11.6. The lowest BCUT2D eigenvalue weighted by atomic mass is 9.52. The molecule has 6 heteroatoms. The highest BCUT2D eigenvalue weighted by atomic mass is 16.6. The number of cyclic esters (lactones) is 1. The number of epoxide rings is 1. The van der Waals surface area contributed by atoms with E-state index in [-0.39, 0.29) is 40.8 Å². The number of ether oxygens (including phenoxy) is 3. The summed E-state index contributed by atoms with van der Waals surface area (Å²) in [6, 6.07) is 0. The van der Waals surface area contributed by atoms with Crippen LogP contribution in [-0.4, -0.2) is 46.1 Å². The van der Waals surface area contributed by atoms with Gasteiger partial charge >= 0.3 is 11.9 Å². The highest BCUT2D eigenvalue weighted by Crippen LogP contribution is 2.72. The molecule has 1 spiro atoms. The molecule has 1 N–H and O–H groups in total. The van der Waals surface area contributed by atoms with Gasteiger partial charge in [-0.3, -0.25) is 0 Å². The van der Waals surface area contributed by atoms with Gasteiger partial charge < -0.3 is 19.3 Å². The fourth-order valence-corrected chi connectivity index (χ4v) is 10.2. The molecule has 0 aromatic heterocycles. The van der Waals surface area contributed by atoms with E-state index < -0.39 is 22.8 Å². The maximum absolute atomic E-state index is 12.5. The van der Waals surface area contributed by atoms with Crippen molar-refractivity contribution in [3.8, 4) is 0 Å². The van der Waals surface area contributed by atoms with Crippen molar-refractivity contribution in [2.24, 2.45) is 34.5 Å². The van der Waals surface area contributed by atoms with Gasteiger partial charge in [0.15, 0.2) is 5.60 Å². The molecule has 2 bridgehead atoms. The standard InChI is InChI=1S/C30H40O6/c1-26(2)22-7-6-19-17(24-30(22,36-24)13-10-23(31)35-26)8-11-27(3)20(9-12-28(19,27)4)18-14-16-15-21(18)34-25(32)29(16,5)33/h10,13,16,18,20-22,24,33H,6-9,11-12,14-15H2,1-5H3/t16-,18+,20-,21+,22+,24+,27-,28+,29-,30-/m1/s1. The van der Waals surface area contributed by atoms with Crippen molar-refractivity contribution in [3.63, 3.8) is 0 Å². The van der Waals surface area contributed by atoms with Crippen molar-refractivity contribution in [1.29, 1.82) is 0 Å². The average molecular weight is 497 g/mol. The van der Waals surface area contributed by atoms with E-state index in [9.17, 15) is 14.7 Å². The number of fused-ring (bicyclic) bond motifs is 5. The van der Waals surface area contributed by atoms with E-state index in [1.165, 1.54) is 5.57 Å². The van der Waals surface area contributed by atoms with Gasteiger partial charge in [-0.1, -0.05) is 19.4 Å². The third-order valence-electron chi connectivity index (χ3n) is 12.4. The Morgan fingerprint density at radius 3 is 2.56 bits per heavy atom. The number of hydrogen-bond acceptors (Lipinski definition) is 6. The molecule has 2 saturated carbocycles. The second kappa shape index (κ2) is 6.85. The first-order chi connectivity index (χ1) is 16.8. The van der Waals surface area contributed by atoms with Crippen LogP contribution in [0.3, 0.4) is 0 Å². The van der Waals surface area contributed by atoms with Gasteiger partial charge in [0.1, 0.15) is 23.4 Å². The summed E-state index contributed by atoms with van der Waals surface area (Å²) in [5.41, 5.74) is 0.926. The lowest BCUT2D eigenvalue weighted by Gasteiger charge is -2.52. The summed E-state index contributed by atoms with van der Waals surface area (Å²) in [4.78, 5) is 24.8. The fourth-order valence-electron chi connectivity index (χ4n) is 10.2. The second-order valence-electron chi connectivity index (χ2n) is 14.1. The summed E-state index contributed by atoms with van der Waals surface area (Å²) < 4.78 is 18.3. The average Bonchev–Trinajstić information content (AvgIpc) is 3.33. The number of aliphatic hydroxyl groups is 1. The minimum Gasteiger partial charge on any atom is -0.460 e. The van der Waals surface area contributed by atoms with E-state index >= 15 is 0 Å². The maximum Gasteiger partial charge on any atom is 0.338 e. The highest BCUT2D eigenvalue weighted by Gasteiger charge is 2.71. The topological polar surface area (TPSA) is 85.4 Å². The molecule has 0 radical (unpaired) electrons. The lowest BCUT2D eigenvalue weighted by Crippen LogP contribution is -2.48. The Labute approximate surface area is 213 Å². The number of carbonyl (C=O) groups excluding carboxylic acids is 2. The van der Waals surface area contributed by atoms with Crippen molar-refractivity contribution in [3.05, 3.63) is 23.3 Å². The van der Waals surface area contributed by atoms with Gasteiger partial charge in [0.25, 0.3) is 0 Å². The first-order valence-corrected chi connectivity index (χ1v) is 14.1. The Morgan fingerprint density at radius 1 is 1.00 bits per heavy atom. The van der Waals surface area contributed by atoms with Gasteiger partial charge in [0.2, 0.25) is 0 Å². The first kappa shape index (κ1) is 23.5. The first-order valence-electron chi connectivity index (χ1n) is 14.1. The molecule has 0 aromatic rings. The van der Waals surface area contributed by atoms with Crippen molar-refractivity contribution in [2.45, 2.75) is 115 Å². The quantitative estimate of drug-likeness (QED) is 0.323. The predicted octanol–water partition coefficient (Wildman–Crippen LogP) is 4.64. The van der Waals surface area contributed by atoms with Crippen molar-refractivity contribution in [1.82, 2.24) is 0 Å². The second-order valence-corrected chi connectivity index (χ2v) is 14.1. The van der Waals surface area contributed by atoms with Crippen LogP contribution in [0.2, 0.25) is 0 Å². The molecule has 0 aromatic carbocycles. The predicted molar refractivity (Wildman–Crippen MR) is 132 cm³/mol. The van der Waals surface area contributed by atoms with E-state index in [0.29, 0.717) is 11.8 Å². The molecule has 0 unspecified atom stereocenters. The van der Waals surface area contributed by atoms with Crippen LogP contribution in [0.4, 0.5) is 0 Å². The molecule has 3 heterocycles. The Balaban J connectivity index is 1.23. The van der Waals surface area contributed by atoms with E-state index in [1.807, 2.05) is 19.9 Å². The number of carbonyl (C=O) groups is 2. The van der Waals surface area contributed by atoms with Gasteiger partial charge in [-0.25, -0.2) is 9.59 Å². The van der Waals surface area contributed by atoms with E-state index in [0.717, 1.165) is 51.4 Å². The fraction of sp³-hybridized carbons (Fsp3) is 0.800. The number of rotatable bonds is 1. The molecule has 10 atom stereocenters. The van der Waals surface area contributed by atoms with Crippen LogP contribution in [0, 0.1) is 34.5 Å².